The summed E-state index contributed by atoms with van der Waals surface area (Å²) in [5.41, 5.74) is 13.2. The summed E-state index contributed by atoms with van der Waals surface area (Å²) in [6, 6.07) is 81.5. The first-order valence-electron chi connectivity index (χ1n) is 21.0. The fourth-order valence-electron chi connectivity index (χ4n) is 8.97. The van der Waals surface area contributed by atoms with Gasteiger partial charge in [-0.25, -0.2) is 0 Å². The summed E-state index contributed by atoms with van der Waals surface area (Å²) < 4.78 is 15.8. The van der Waals surface area contributed by atoms with Gasteiger partial charge in [0.25, 0.3) is 0 Å². The van der Waals surface area contributed by atoms with E-state index < -0.39 is 0 Å². The third-order valence-electron chi connectivity index (χ3n) is 12.0. The number of rotatable bonds is 7. The van der Waals surface area contributed by atoms with Crippen LogP contribution in [0.1, 0.15) is 0 Å². The Morgan fingerprint density at radius 1 is 0.323 bits per heavy atom. The Morgan fingerprint density at radius 2 is 0.871 bits per heavy atom. The van der Waals surface area contributed by atoms with Crippen LogP contribution < -0.4 is 14.4 Å². The van der Waals surface area contributed by atoms with Crippen LogP contribution >= 0.6 is 0 Å². The average Bonchev–Trinajstić information content (AvgIpc) is 3.68. The van der Waals surface area contributed by atoms with Crippen molar-refractivity contribution in [2.24, 2.45) is 0 Å². The quantitative estimate of drug-likeness (QED) is 0.161. The number of fused-ring (bicyclic) bond motifs is 7. The molecule has 0 N–H and O–H groups in total. The van der Waals surface area contributed by atoms with Crippen LogP contribution in [0.25, 0.3) is 71.6 Å². The van der Waals surface area contributed by atoms with E-state index >= 15 is 0 Å². The lowest BCUT2D eigenvalue weighted by Gasteiger charge is -2.26. The van der Waals surface area contributed by atoms with E-state index in [0.29, 0.717) is 23.0 Å². The van der Waals surface area contributed by atoms with Gasteiger partial charge < -0.3 is 18.9 Å². The number of ether oxygens (including phenoxy) is 2. The van der Waals surface area contributed by atoms with E-state index in [-0.39, 0.29) is 0 Å². The number of anilines is 3. The first-order chi connectivity index (χ1) is 30.7. The van der Waals surface area contributed by atoms with Gasteiger partial charge in [0, 0.05) is 33.5 Å². The molecule has 292 valence electrons. The molecule has 11 aromatic rings. The molecule has 0 radical (unpaired) electrons. The van der Waals surface area contributed by atoms with E-state index in [9.17, 15) is 0 Å². The lowest BCUT2D eigenvalue weighted by atomic mass is 10.0. The molecule has 0 unspecified atom stereocenters. The van der Waals surface area contributed by atoms with Crippen LogP contribution in [0.3, 0.4) is 0 Å². The number of para-hydroxylation sites is 1. The van der Waals surface area contributed by atoms with E-state index in [1.54, 1.807) is 0 Å². The molecule has 0 saturated carbocycles. The van der Waals surface area contributed by atoms with Gasteiger partial charge in [-0.15, -0.1) is 0 Å². The van der Waals surface area contributed by atoms with Crippen LogP contribution in [0.15, 0.2) is 231 Å². The molecule has 1 aliphatic rings. The second-order valence-corrected chi connectivity index (χ2v) is 15.8. The minimum atomic E-state index is 0.690. The highest BCUT2D eigenvalue weighted by Gasteiger charge is 2.26. The molecule has 1 aromatic heterocycles. The largest absolute Gasteiger partial charge is 0.449 e. The SMILES string of the molecule is c1ccc(-c2ccc3c(c2)Oc2c(ccc4c5cc(-c6ccccc6)ccc5n(-c5ccc(-c6ccc(N(c7ccccc7)c7ccc8ccccc8c7)cc6)cc5)c24)O3)cc1. The zero-order chi connectivity index (χ0) is 41.0. The number of hydrogen-bond acceptors (Lipinski definition) is 3. The second-order valence-electron chi connectivity index (χ2n) is 15.8. The average molecular weight is 795 g/mol. The standard InChI is InChI=1S/C58H38N2O2/c1-4-12-39(13-5-1)45-25-33-53-52(37-45)51-32-35-55-58(62-56-38-46(26-34-54(56)61-55)40-14-6-2-7-15-40)57(51)60(53)49-29-22-43(23-30-49)42-20-27-48(28-21-42)59(47-18-8-3-9-19-47)50-31-24-41-16-10-11-17-44(41)36-50/h1-38H. The Morgan fingerprint density at radius 3 is 1.60 bits per heavy atom. The van der Waals surface area contributed by atoms with E-state index in [0.717, 1.165) is 72.4 Å². The van der Waals surface area contributed by atoms with Crippen molar-refractivity contribution in [3.05, 3.63) is 231 Å². The Balaban J connectivity index is 0.945. The van der Waals surface area contributed by atoms with Crippen molar-refractivity contribution in [1.29, 1.82) is 0 Å². The molecule has 62 heavy (non-hydrogen) atoms. The van der Waals surface area contributed by atoms with Gasteiger partial charge >= 0.3 is 0 Å². The van der Waals surface area contributed by atoms with Crippen molar-refractivity contribution in [3.8, 4) is 62.1 Å². The minimum Gasteiger partial charge on any atom is -0.449 e. The maximum atomic E-state index is 6.92. The van der Waals surface area contributed by atoms with Crippen LogP contribution in [-0.4, -0.2) is 4.57 Å². The van der Waals surface area contributed by atoms with Gasteiger partial charge in [0.05, 0.1) is 5.52 Å². The van der Waals surface area contributed by atoms with E-state index in [1.807, 2.05) is 18.2 Å². The number of hydrogen-bond donors (Lipinski definition) is 0. The smallest absolute Gasteiger partial charge is 0.194 e. The summed E-state index contributed by atoms with van der Waals surface area (Å²) in [7, 11) is 0. The summed E-state index contributed by atoms with van der Waals surface area (Å²) in [6.07, 6.45) is 0. The molecular formula is C58H38N2O2. The van der Waals surface area contributed by atoms with Gasteiger partial charge in [0.1, 0.15) is 5.52 Å². The molecule has 0 atom stereocenters. The fraction of sp³-hybridized carbons (Fsp3) is 0. The van der Waals surface area contributed by atoms with Gasteiger partial charge in [-0.05, 0) is 129 Å². The highest BCUT2D eigenvalue weighted by atomic mass is 16.6. The van der Waals surface area contributed by atoms with Gasteiger partial charge in [-0.1, -0.05) is 146 Å². The van der Waals surface area contributed by atoms with Crippen LogP contribution in [0.2, 0.25) is 0 Å². The Kier molecular flexibility index (Phi) is 8.46. The Labute approximate surface area is 359 Å². The van der Waals surface area contributed by atoms with Gasteiger partial charge in [0.2, 0.25) is 0 Å². The fourth-order valence-corrected chi connectivity index (χ4v) is 8.97. The summed E-state index contributed by atoms with van der Waals surface area (Å²) in [5, 5.41) is 4.68. The number of benzene rings is 10. The maximum absolute atomic E-state index is 6.92. The van der Waals surface area contributed by atoms with Gasteiger partial charge in [-0.3, -0.25) is 0 Å². The minimum absolute atomic E-state index is 0.690. The molecule has 0 aliphatic carbocycles. The zero-order valence-corrected chi connectivity index (χ0v) is 33.7. The molecule has 10 aromatic carbocycles. The van der Waals surface area contributed by atoms with Crippen molar-refractivity contribution < 1.29 is 9.47 Å². The number of aromatic nitrogens is 1. The summed E-state index contributed by atoms with van der Waals surface area (Å²) in [6.45, 7) is 0. The first kappa shape index (κ1) is 35.6. The van der Waals surface area contributed by atoms with Crippen molar-refractivity contribution in [2.75, 3.05) is 4.90 Å². The molecule has 0 saturated heterocycles. The van der Waals surface area contributed by atoms with Crippen molar-refractivity contribution in [3.63, 3.8) is 0 Å². The first-order valence-corrected chi connectivity index (χ1v) is 21.0. The molecule has 0 fully saturated rings. The van der Waals surface area contributed by atoms with Crippen molar-refractivity contribution in [2.45, 2.75) is 0 Å². The third-order valence-corrected chi connectivity index (χ3v) is 12.0. The zero-order valence-electron chi connectivity index (χ0n) is 33.7. The summed E-state index contributed by atoms with van der Waals surface area (Å²) >= 11 is 0. The Bertz CT molecular complexity index is 3430. The molecule has 12 rings (SSSR count). The maximum Gasteiger partial charge on any atom is 0.194 e. The predicted octanol–water partition coefficient (Wildman–Crippen LogP) is 16.3. The molecule has 4 nitrogen and oxygen atoms in total. The topological polar surface area (TPSA) is 26.6 Å². The molecule has 0 amide bonds. The molecule has 0 spiro atoms. The highest BCUT2D eigenvalue weighted by molar-refractivity contribution is 6.13. The molecular weight excluding hydrogens is 757 g/mol. The Hall–Kier alpha value is -8.34. The summed E-state index contributed by atoms with van der Waals surface area (Å²) in [4.78, 5) is 2.32. The van der Waals surface area contributed by atoms with Crippen LogP contribution in [0, 0.1) is 0 Å². The van der Waals surface area contributed by atoms with Gasteiger partial charge in [0.15, 0.2) is 23.0 Å². The lowest BCUT2D eigenvalue weighted by Crippen LogP contribution is -2.09. The van der Waals surface area contributed by atoms with Crippen LogP contribution in [0.5, 0.6) is 23.0 Å². The molecule has 4 heteroatoms. The van der Waals surface area contributed by atoms with Gasteiger partial charge in [-0.2, -0.15) is 0 Å². The van der Waals surface area contributed by atoms with E-state index in [4.69, 9.17) is 9.47 Å². The van der Waals surface area contributed by atoms with Crippen LogP contribution in [0.4, 0.5) is 17.1 Å². The molecule has 1 aliphatic heterocycles. The molecule has 0 bridgehead atoms. The predicted molar refractivity (Wildman–Crippen MR) is 256 cm³/mol. The highest BCUT2D eigenvalue weighted by Crippen LogP contribution is 2.52. The normalized spacial score (nSPS) is 11.8. The van der Waals surface area contributed by atoms with Crippen molar-refractivity contribution in [1.82, 2.24) is 4.57 Å². The van der Waals surface area contributed by atoms with E-state index in [2.05, 4.69) is 222 Å². The second kappa shape index (κ2) is 14.7. The van der Waals surface area contributed by atoms with E-state index in [1.165, 1.54) is 16.3 Å². The molecule has 2 heterocycles. The lowest BCUT2D eigenvalue weighted by molar-refractivity contribution is 0.362. The summed E-state index contributed by atoms with van der Waals surface area (Å²) in [5.74, 6) is 2.78. The number of nitrogens with zero attached hydrogens (tertiary/aromatic N) is 2. The third kappa shape index (κ3) is 6.16. The van der Waals surface area contributed by atoms with Crippen molar-refractivity contribution >= 4 is 49.6 Å². The van der Waals surface area contributed by atoms with Crippen LogP contribution in [-0.2, 0) is 0 Å². The monoisotopic (exact) mass is 794 g/mol.